The summed E-state index contributed by atoms with van der Waals surface area (Å²) in [6.07, 6.45) is 4.51. The van der Waals surface area contributed by atoms with Gasteiger partial charge >= 0.3 is 0 Å². The Labute approximate surface area is 234 Å². The van der Waals surface area contributed by atoms with Crippen LogP contribution in [0.1, 0.15) is 32.7 Å². The molecular formula is C30H37N7O3. The number of nitrogens with two attached hydrogens (primary N) is 1. The van der Waals surface area contributed by atoms with Crippen molar-refractivity contribution in [3.63, 3.8) is 0 Å². The smallest absolute Gasteiger partial charge is 0.257 e. The largest absolute Gasteiger partial charge is 0.491 e. The van der Waals surface area contributed by atoms with Gasteiger partial charge < -0.3 is 20.5 Å². The molecule has 2 aromatic heterocycles. The number of carbonyl (C=O) groups is 1. The molecule has 10 nitrogen and oxygen atoms in total. The average molecular weight is 544 g/mol. The van der Waals surface area contributed by atoms with Gasteiger partial charge in [0.15, 0.2) is 0 Å². The highest BCUT2D eigenvalue weighted by atomic mass is 16.5. The molecule has 6 rings (SSSR count). The molecule has 0 spiro atoms. The molecule has 2 aliphatic rings. The zero-order chi connectivity index (χ0) is 28.1. The van der Waals surface area contributed by atoms with Crippen LogP contribution in [0.15, 0.2) is 67.0 Å². The van der Waals surface area contributed by atoms with Crippen LogP contribution in [0.3, 0.4) is 0 Å². The number of nitrogens with zero attached hydrogens (tertiary/aromatic N) is 6. The number of hydrogen-bond acceptors (Lipinski definition) is 7. The van der Waals surface area contributed by atoms with Crippen LogP contribution in [0, 0.1) is 0 Å². The fourth-order valence-corrected chi connectivity index (χ4v) is 5.18. The number of hydrogen-bond donors (Lipinski definition) is 2. The Bertz CT molecular complexity index is 1430. The molecule has 1 atom stereocenters. The van der Waals surface area contributed by atoms with E-state index in [0.29, 0.717) is 49.8 Å². The standard InChI is InChI=1S/C26H30N4O3.C4H7N3/c1-28-22(8-10-27-28)14-19-6-7-25-24(15-19)26(32)30(12-13-33-25)18-23(31)17-29-11-9-20-4-2-3-5-21(20)16-29;1-7-4(5)2-3-6-7/h2-8,10,15,23,31H,9,11-14,16-18H2,1H3;2-3H,5H2,1H3/t23-;/m1./s1. The lowest BCUT2D eigenvalue weighted by Gasteiger charge is -2.32. The summed E-state index contributed by atoms with van der Waals surface area (Å²) in [4.78, 5) is 17.3. The van der Waals surface area contributed by atoms with Gasteiger partial charge in [-0.25, -0.2) is 0 Å². The van der Waals surface area contributed by atoms with E-state index in [0.717, 1.165) is 30.8 Å². The second-order valence-corrected chi connectivity index (χ2v) is 10.3. The summed E-state index contributed by atoms with van der Waals surface area (Å²) in [5.74, 6) is 1.22. The Morgan fingerprint density at radius 3 is 2.45 bits per heavy atom. The van der Waals surface area contributed by atoms with Gasteiger partial charge in [-0.1, -0.05) is 30.3 Å². The van der Waals surface area contributed by atoms with Crippen molar-refractivity contribution < 1.29 is 14.6 Å². The number of aromatic nitrogens is 4. The Hall–Kier alpha value is -4.15. The number of β-amino-alcohol motifs (C(OH)–C–C–N with tert-alkyl or cyclic N) is 1. The maximum atomic E-state index is 13.4. The summed E-state index contributed by atoms with van der Waals surface area (Å²) in [6.45, 7) is 3.49. The zero-order valence-electron chi connectivity index (χ0n) is 23.1. The van der Waals surface area contributed by atoms with Crippen molar-refractivity contribution >= 4 is 11.7 Å². The maximum absolute atomic E-state index is 13.4. The Kier molecular flexibility index (Phi) is 8.47. The molecule has 4 aromatic rings. The van der Waals surface area contributed by atoms with E-state index in [2.05, 4.69) is 39.4 Å². The van der Waals surface area contributed by atoms with Gasteiger partial charge in [-0.05, 0) is 47.4 Å². The molecule has 210 valence electrons. The van der Waals surface area contributed by atoms with Crippen molar-refractivity contribution in [2.75, 3.05) is 38.5 Å². The van der Waals surface area contributed by atoms with Crippen molar-refractivity contribution in [2.24, 2.45) is 14.1 Å². The van der Waals surface area contributed by atoms with Gasteiger partial charge in [0.25, 0.3) is 5.91 Å². The molecule has 0 saturated carbocycles. The van der Waals surface area contributed by atoms with E-state index in [1.54, 1.807) is 35.1 Å². The SMILES string of the molecule is Cn1nccc1Cc1ccc2c(c1)C(=O)N(C[C@H](O)CN1CCc3ccccc3C1)CCO2.Cn1nccc1N. The molecule has 0 unspecified atom stereocenters. The van der Waals surface area contributed by atoms with Crippen LogP contribution in [0.2, 0.25) is 0 Å². The predicted octanol–water partition coefficient (Wildman–Crippen LogP) is 2.27. The lowest BCUT2D eigenvalue weighted by atomic mass is 10.00. The predicted molar refractivity (Wildman–Crippen MR) is 153 cm³/mol. The zero-order valence-corrected chi connectivity index (χ0v) is 23.1. The molecule has 2 aliphatic heterocycles. The number of rotatable bonds is 6. The van der Waals surface area contributed by atoms with Gasteiger partial charge in [-0.15, -0.1) is 0 Å². The number of aliphatic hydroxyl groups is 1. The number of aryl methyl sites for hydroxylation is 2. The first-order valence-corrected chi connectivity index (χ1v) is 13.6. The minimum atomic E-state index is -0.613. The summed E-state index contributed by atoms with van der Waals surface area (Å²) in [5.41, 5.74) is 10.7. The van der Waals surface area contributed by atoms with Gasteiger partial charge in [0.05, 0.1) is 24.4 Å². The molecule has 0 bridgehead atoms. The minimum Gasteiger partial charge on any atom is -0.491 e. The molecule has 1 amide bonds. The van der Waals surface area contributed by atoms with Crippen LogP contribution in [-0.2, 0) is 33.5 Å². The summed E-state index contributed by atoms with van der Waals surface area (Å²) in [5, 5.41) is 18.9. The highest BCUT2D eigenvalue weighted by Crippen LogP contribution is 2.26. The number of amides is 1. The number of ether oxygens (including phenoxy) is 1. The summed E-state index contributed by atoms with van der Waals surface area (Å²) >= 11 is 0. The van der Waals surface area contributed by atoms with Crippen molar-refractivity contribution in [1.29, 1.82) is 0 Å². The van der Waals surface area contributed by atoms with Crippen LogP contribution in [0.25, 0.3) is 0 Å². The van der Waals surface area contributed by atoms with E-state index < -0.39 is 6.10 Å². The number of aliphatic hydroxyl groups excluding tert-OH is 1. The molecule has 0 fully saturated rings. The minimum absolute atomic E-state index is 0.0857. The van der Waals surface area contributed by atoms with E-state index in [4.69, 9.17) is 10.5 Å². The number of nitrogen functional groups attached to an aromatic ring is 1. The van der Waals surface area contributed by atoms with Crippen LogP contribution in [-0.4, -0.2) is 79.3 Å². The first-order valence-electron chi connectivity index (χ1n) is 13.6. The second kappa shape index (κ2) is 12.4. The number of anilines is 1. The Balaban J connectivity index is 0.000000403. The summed E-state index contributed by atoms with van der Waals surface area (Å²) < 4.78 is 9.31. The van der Waals surface area contributed by atoms with Gasteiger partial charge in [0, 0.05) is 58.6 Å². The molecular weight excluding hydrogens is 506 g/mol. The normalized spacial score (nSPS) is 15.8. The molecule has 0 aliphatic carbocycles. The number of carbonyl (C=O) groups excluding carboxylic acids is 1. The third kappa shape index (κ3) is 6.52. The lowest BCUT2D eigenvalue weighted by molar-refractivity contribution is 0.0501. The second-order valence-electron chi connectivity index (χ2n) is 10.3. The van der Waals surface area contributed by atoms with Crippen LogP contribution in [0.5, 0.6) is 5.75 Å². The number of benzene rings is 2. The van der Waals surface area contributed by atoms with Crippen LogP contribution in [0.4, 0.5) is 5.82 Å². The topological polar surface area (TPSA) is 115 Å². The molecule has 0 saturated heterocycles. The van der Waals surface area contributed by atoms with E-state index in [1.807, 2.05) is 36.0 Å². The van der Waals surface area contributed by atoms with E-state index in [-0.39, 0.29) is 5.91 Å². The van der Waals surface area contributed by atoms with Crippen molar-refractivity contribution in [1.82, 2.24) is 29.4 Å². The average Bonchev–Trinajstić information content (AvgIpc) is 3.50. The highest BCUT2D eigenvalue weighted by molar-refractivity contribution is 5.97. The monoisotopic (exact) mass is 543 g/mol. The maximum Gasteiger partial charge on any atom is 0.257 e. The van der Waals surface area contributed by atoms with Gasteiger partial charge in [0.1, 0.15) is 18.2 Å². The summed E-state index contributed by atoms with van der Waals surface area (Å²) in [6, 6.07) is 18.0. The third-order valence-corrected chi connectivity index (χ3v) is 7.46. The first kappa shape index (κ1) is 27.4. The van der Waals surface area contributed by atoms with Crippen LogP contribution < -0.4 is 10.5 Å². The molecule has 0 radical (unpaired) electrons. The molecule has 2 aromatic carbocycles. The van der Waals surface area contributed by atoms with E-state index in [1.165, 1.54) is 11.1 Å². The quantitative estimate of drug-likeness (QED) is 0.383. The van der Waals surface area contributed by atoms with Gasteiger partial charge in [0.2, 0.25) is 0 Å². The number of fused-ring (bicyclic) bond motifs is 2. The first-order chi connectivity index (χ1) is 19.4. The van der Waals surface area contributed by atoms with Crippen molar-refractivity contribution in [3.8, 4) is 5.75 Å². The molecule has 40 heavy (non-hydrogen) atoms. The van der Waals surface area contributed by atoms with Crippen molar-refractivity contribution in [3.05, 3.63) is 94.9 Å². The Morgan fingerprint density at radius 2 is 1.75 bits per heavy atom. The fourth-order valence-electron chi connectivity index (χ4n) is 5.18. The molecule has 3 N–H and O–H groups in total. The lowest BCUT2D eigenvalue weighted by Crippen LogP contribution is -2.44. The fraction of sp³-hybridized carbons (Fsp3) is 0.367. The summed E-state index contributed by atoms with van der Waals surface area (Å²) in [7, 11) is 3.71. The Morgan fingerprint density at radius 1 is 0.975 bits per heavy atom. The highest BCUT2D eigenvalue weighted by Gasteiger charge is 2.27. The molecule has 10 heteroatoms. The van der Waals surface area contributed by atoms with Crippen molar-refractivity contribution in [2.45, 2.75) is 25.5 Å². The van der Waals surface area contributed by atoms with E-state index in [9.17, 15) is 9.90 Å². The van der Waals surface area contributed by atoms with Crippen LogP contribution >= 0.6 is 0 Å². The molecule has 4 heterocycles. The van der Waals surface area contributed by atoms with E-state index >= 15 is 0 Å². The van der Waals surface area contributed by atoms with Gasteiger partial charge in [-0.2, -0.15) is 10.2 Å². The van der Waals surface area contributed by atoms with Gasteiger partial charge in [-0.3, -0.25) is 19.1 Å². The third-order valence-electron chi connectivity index (χ3n) is 7.46.